The summed E-state index contributed by atoms with van der Waals surface area (Å²) in [6.45, 7) is 0. The lowest BCUT2D eigenvalue weighted by molar-refractivity contribution is 0.0721. The Labute approximate surface area is 169 Å². The molecule has 0 aromatic heterocycles. The van der Waals surface area contributed by atoms with E-state index < -0.39 is 5.60 Å². The van der Waals surface area contributed by atoms with Gasteiger partial charge in [-0.25, -0.2) is 0 Å². The molecule has 0 fully saturated rings. The van der Waals surface area contributed by atoms with E-state index in [1.54, 1.807) is 19.2 Å². The zero-order valence-electron chi connectivity index (χ0n) is 16.1. The number of carbonyl (C=O) groups is 1. The fourth-order valence-electron chi connectivity index (χ4n) is 4.37. The number of aliphatic hydroxyl groups is 1. The quantitative estimate of drug-likeness (QED) is 0.551. The minimum absolute atomic E-state index is 0.0357. The van der Waals surface area contributed by atoms with Crippen molar-refractivity contribution < 1.29 is 14.6 Å². The number of ketones is 1. The molecule has 4 aromatic rings. The second kappa shape index (κ2) is 6.57. The van der Waals surface area contributed by atoms with E-state index in [0.29, 0.717) is 28.7 Å². The van der Waals surface area contributed by atoms with Gasteiger partial charge in [-0.2, -0.15) is 0 Å². The Morgan fingerprint density at radius 2 is 1.38 bits per heavy atom. The van der Waals surface area contributed by atoms with E-state index in [4.69, 9.17) is 4.74 Å². The fourth-order valence-corrected chi connectivity index (χ4v) is 4.37. The Bertz CT molecular complexity index is 1210. The lowest BCUT2D eigenvalue weighted by Crippen LogP contribution is -2.37. The van der Waals surface area contributed by atoms with Gasteiger partial charge < -0.3 is 9.84 Å². The Kier molecular flexibility index (Phi) is 4.00. The molecule has 0 unspecified atom stereocenters. The number of hydrogen-bond donors (Lipinski definition) is 1. The van der Waals surface area contributed by atoms with E-state index in [2.05, 4.69) is 6.07 Å². The molecule has 0 saturated carbocycles. The van der Waals surface area contributed by atoms with E-state index in [0.717, 1.165) is 22.1 Å². The predicted octanol–water partition coefficient (Wildman–Crippen LogP) is 4.87. The van der Waals surface area contributed by atoms with E-state index in [-0.39, 0.29) is 5.78 Å². The highest BCUT2D eigenvalue weighted by molar-refractivity contribution is 6.13. The summed E-state index contributed by atoms with van der Waals surface area (Å²) >= 11 is 0. The van der Waals surface area contributed by atoms with Crippen LogP contribution in [0.3, 0.4) is 0 Å². The number of ether oxygens (including phenoxy) is 1. The molecule has 5 rings (SSSR count). The monoisotopic (exact) mass is 380 g/mol. The van der Waals surface area contributed by atoms with Crippen molar-refractivity contribution in [1.29, 1.82) is 0 Å². The summed E-state index contributed by atoms with van der Waals surface area (Å²) in [7, 11) is 1.66. The molecule has 1 aliphatic carbocycles. The van der Waals surface area contributed by atoms with E-state index in [1.165, 1.54) is 0 Å². The maximum Gasteiger partial charge on any atom is 0.193 e. The molecular weight excluding hydrogens is 360 g/mol. The molecule has 3 nitrogen and oxygen atoms in total. The van der Waals surface area contributed by atoms with Crippen LogP contribution in [0.15, 0.2) is 84.9 Å². The van der Waals surface area contributed by atoms with Crippen LogP contribution in [0.5, 0.6) is 5.75 Å². The van der Waals surface area contributed by atoms with Crippen molar-refractivity contribution in [2.75, 3.05) is 7.11 Å². The van der Waals surface area contributed by atoms with Crippen LogP contribution >= 0.6 is 0 Å². The van der Waals surface area contributed by atoms with Gasteiger partial charge in [0.25, 0.3) is 0 Å². The van der Waals surface area contributed by atoms with Crippen LogP contribution in [-0.2, 0) is 12.0 Å². The van der Waals surface area contributed by atoms with Crippen molar-refractivity contribution in [2.24, 2.45) is 0 Å². The Morgan fingerprint density at radius 1 is 0.793 bits per heavy atom. The van der Waals surface area contributed by atoms with Crippen LogP contribution in [0.4, 0.5) is 0 Å². The third-order valence-electron chi connectivity index (χ3n) is 5.81. The zero-order chi connectivity index (χ0) is 20.0. The SMILES string of the molecule is COc1ccc2cc(CC3(O)c4ccccc4C(=O)c4ccccc43)ccc2c1. The molecule has 0 saturated heterocycles. The third-order valence-corrected chi connectivity index (χ3v) is 5.81. The zero-order valence-corrected chi connectivity index (χ0v) is 16.1. The molecule has 142 valence electrons. The minimum Gasteiger partial charge on any atom is -0.497 e. The Balaban J connectivity index is 1.65. The average Bonchev–Trinajstić information content (AvgIpc) is 2.77. The molecule has 1 N–H and O–H groups in total. The van der Waals surface area contributed by atoms with Gasteiger partial charge in [-0.1, -0.05) is 72.8 Å². The summed E-state index contributed by atoms with van der Waals surface area (Å²) in [5.74, 6) is 0.781. The molecule has 0 heterocycles. The number of rotatable bonds is 3. The van der Waals surface area contributed by atoms with Gasteiger partial charge in [-0.15, -0.1) is 0 Å². The van der Waals surface area contributed by atoms with Gasteiger partial charge in [-0.3, -0.25) is 4.79 Å². The van der Waals surface area contributed by atoms with Gasteiger partial charge in [0.2, 0.25) is 0 Å². The highest BCUT2D eigenvalue weighted by atomic mass is 16.5. The molecule has 0 radical (unpaired) electrons. The smallest absolute Gasteiger partial charge is 0.193 e. The predicted molar refractivity (Wildman–Crippen MR) is 114 cm³/mol. The average molecular weight is 380 g/mol. The van der Waals surface area contributed by atoms with Gasteiger partial charge in [0.05, 0.1) is 7.11 Å². The van der Waals surface area contributed by atoms with Crippen LogP contribution in [-0.4, -0.2) is 18.0 Å². The first-order valence-corrected chi connectivity index (χ1v) is 9.63. The van der Waals surface area contributed by atoms with E-state index in [9.17, 15) is 9.90 Å². The lowest BCUT2D eigenvalue weighted by Gasteiger charge is -2.36. The number of carbonyl (C=O) groups excluding carboxylic acids is 1. The van der Waals surface area contributed by atoms with Crippen LogP contribution in [0.1, 0.15) is 32.6 Å². The van der Waals surface area contributed by atoms with Gasteiger partial charge in [-0.05, 0) is 39.6 Å². The first kappa shape index (κ1) is 17.7. The molecule has 0 spiro atoms. The molecule has 3 heteroatoms. The van der Waals surface area contributed by atoms with Gasteiger partial charge in [0.15, 0.2) is 5.78 Å². The summed E-state index contributed by atoms with van der Waals surface area (Å²) in [4.78, 5) is 13.0. The molecule has 0 amide bonds. The highest BCUT2D eigenvalue weighted by Crippen LogP contribution is 2.42. The first-order chi connectivity index (χ1) is 14.1. The molecule has 0 aliphatic heterocycles. The second-order valence-corrected chi connectivity index (χ2v) is 7.50. The second-order valence-electron chi connectivity index (χ2n) is 7.50. The van der Waals surface area contributed by atoms with Crippen molar-refractivity contribution in [3.63, 3.8) is 0 Å². The summed E-state index contributed by atoms with van der Waals surface area (Å²) in [6.07, 6.45) is 0.385. The molecule has 29 heavy (non-hydrogen) atoms. The molecular formula is C26H20O3. The molecule has 0 atom stereocenters. The lowest BCUT2D eigenvalue weighted by atomic mass is 9.71. The normalized spacial score (nSPS) is 14.3. The Morgan fingerprint density at radius 3 is 2.03 bits per heavy atom. The summed E-state index contributed by atoms with van der Waals surface area (Å²) in [5.41, 5.74) is 2.21. The van der Waals surface area contributed by atoms with E-state index >= 15 is 0 Å². The van der Waals surface area contributed by atoms with Crippen molar-refractivity contribution in [2.45, 2.75) is 12.0 Å². The molecule has 1 aliphatic rings. The number of fused-ring (bicyclic) bond motifs is 3. The topological polar surface area (TPSA) is 46.5 Å². The van der Waals surface area contributed by atoms with Gasteiger partial charge in [0.1, 0.15) is 11.4 Å². The van der Waals surface area contributed by atoms with Crippen molar-refractivity contribution in [3.8, 4) is 5.75 Å². The van der Waals surface area contributed by atoms with Crippen molar-refractivity contribution >= 4 is 16.6 Å². The highest BCUT2D eigenvalue weighted by Gasteiger charge is 2.41. The maximum atomic E-state index is 13.0. The molecule has 0 bridgehead atoms. The van der Waals surface area contributed by atoms with E-state index in [1.807, 2.05) is 66.7 Å². The van der Waals surface area contributed by atoms with Crippen LogP contribution in [0, 0.1) is 0 Å². The third kappa shape index (κ3) is 2.74. The maximum absolute atomic E-state index is 13.0. The number of hydrogen-bond acceptors (Lipinski definition) is 3. The minimum atomic E-state index is -1.26. The number of benzene rings is 4. The summed E-state index contributed by atoms with van der Waals surface area (Å²) in [5, 5.41) is 14.1. The Hall–Kier alpha value is -3.43. The van der Waals surface area contributed by atoms with Crippen LogP contribution < -0.4 is 4.74 Å². The van der Waals surface area contributed by atoms with Crippen molar-refractivity contribution in [3.05, 3.63) is 113 Å². The number of methoxy groups -OCH3 is 1. The molecule has 4 aromatic carbocycles. The van der Waals surface area contributed by atoms with Crippen LogP contribution in [0.2, 0.25) is 0 Å². The fraction of sp³-hybridized carbons (Fsp3) is 0.115. The van der Waals surface area contributed by atoms with Gasteiger partial charge >= 0.3 is 0 Å². The first-order valence-electron chi connectivity index (χ1n) is 9.63. The summed E-state index contributed by atoms with van der Waals surface area (Å²) < 4.78 is 5.31. The van der Waals surface area contributed by atoms with Crippen molar-refractivity contribution in [1.82, 2.24) is 0 Å². The van der Waals surface area contributed by atoms with Gasteiger partial charge in [0, 0.05) is 17.5 Å². The van der Waals surface area contributed by atoms with Crippen LogP contribution in [0.25, 0.3) is 10.8 Å². The largest absolute Gasteiger partial charge is 0.497 e. The summed E-state index contributed by atoms with van der Waals surface area (Å²) in [6, 6.07) is 26.9. The standard InChI is InChI=1S/C26H20O3/c1-29-20-13-12-18-14-17(10-11-19(18)15-20)16-26(28)23-8-4-2-6-21(23)25(27)22-7-3-5-9-24(22)26/h2-15,28H,16H2,1H3.